The monoisotopic (exact) mass is 470 g/mol. The fourth-order valence-corrected chi connectivity index (χ4v) is 4.82. The number of hydrogen-bond acceptors (Lipinski definition) is 4. The van der Waals surface area contributed by atoms with E-state index in [1.54, 1.807) is 12.1 Å². The lowest BCUT2D eigenvalue weighted by Crippen LogP contribution is -2.42. The number of anilines is 1. The predicted octanol–water partition coefficient (Wildman–Crippen LogP) is 4.69. The first-order chi connectivity index (χ1) is 15.8. The molecule has 33 heavy (non-hydrogen) atoms. The van der Waals surface area contributed by atoms with Crippen LogP contribution in [-0.2, 0) is 14.8 Å². The molecule has 0 saturated heterocycles. The van der Waals surface area contributed by atoms with Crippen molar-refractivity contribution in [2.45, 2.75) is 31.2 Å². The molecule has 0 aliphatic carbocycles. The van der Waals surface area contributed by atoms with E-state index < -0.39 is 28.3 Å². The summed E-state index contributed by atoms with van der Waals surface area (Å²) in [5.74, 6) is -0.433. The molecule has 0 spiro atoms. The Morgan fingerprint density at radius 2 is 1.61 bits per heavy atom. The van der Waals surface area contributed by atoms with E-state index in [1.165, 1.54) is 24.3 Å². The summed E-state index contributed by atoms with van der Waals surface area (Å²) in [6, 6.07) is 20.2. The van der Waals surface area contributed by atoms with Crippen molar-refractivity contribution >= 4 is 21.6 Å². The maximum absolute atomic E-state index is 13.5. The third kappa shape index (κ3) is 6.10. The molecule has 1 atom stereocenters. The second-order valence-corrected chi connectivity index (χ2v) is 9.19. The van der Waals surface area contributed by atoms with Crippen LogP contribution in [0.15, 0.2) is 83.8 Å². The van der Waals surface area contributed by atoms with Crippen LogP contribution in [0.25, 0.3) is 0 Å². The average molecular weight is 471 g/mol. The van der Waals surface area contributed by atoms with E-state index in [4.69, 9.17) is 4.74 Å². The maximum Gasteiger partial charge on any atom is 0.264 e. The van der Waals surface area contributed by atoms with Crippen molar-refractivity contribution in [3.63, 3.8) is 0 Å². The topological polar surface area (TPSA) is 75.7 Å². The van der Waals surface area contributed by atoms with Gasteiger partial charge in [-0.15, -0.1) is 0 Å². The van der Waals surface area contributed by atoms with E-state index in [2.05, 4.69) is 5.32 Å². The Kier molecular flexibility index (Phi) is 8.06. The zero-order valence-corrected chi connectivity index (χ0v) is 19.4. The molecule has 1 amide bonds. The van der Waals surface area contributed by atoms with Gasteiger partial charge < -0.3 is 10.1 Å². The Morgan fingerprint density at radius 3 is 2.18 bits per heavy atom. The lowest BCUT2D eigenvalue weighted by molar-refractivity contribution is -0.120. The van der Waals surface area contributed by atoms with Crippen molar-refractivity contribution in [2.75, 3.05) is 17.5 Å². The summed E-state index contributed by atoms with van der Waals surface area (Å²) < 4.78 is 46.8. The highest BCUT2D eigenvalue weighted by molar-refractivity contribution is 7.92. The molecule has 3 aromatic rings. The molecule has 6 nitrogen and oxygen atoms in total. The molecule has 0 heterocycles. The number of nitrogens with one attached hydrogen (secondary N) is 1. The van der Waals surface area contributed by atoms with Crippen LogP contribution in [0, 0.1) is 5.82 Å². The van der Waals surface area contributed by atoms with Crippen LogP contribution >= 0.6 is 0 Å². The fourth-order valence-electron chi connectivity index (χ4n) is 3.40. The van der Waals surface area contributed by atoms with Gasteiger partial charge in [-0.1, -0.05) is 37.3 Å². The Hall–Kier alpha value is -3.39. The van der Waals surface area contributed by atoms with E-state index in [1.807, 2.05) is 44.2 Å². The van der Waals surface area contributed by atoms with Gasteiger partial charge in [0.15, 0.2) is 0 Å². The molecule has 0 aliphatic heterocycles. The fraction of sp³-hybridized carbons (Fsp3) is 0.240. The molecule has 174 valence electrons. The second kappa shape index (κ2) is 11.0. The number of carbonyl (C=O) groups is 1. The summed E-state index contributed by atoms with van der Waals surface area (Å²) in [5.41, 5.74) is 1.12. The molecule has 0 aliphatic rings. The van der Waals surface area contributed by atoms with Gasteiger partial charge >= 0.3 is 0 Å². The molecule has 0 fully saturated rings. The highest BCUT2D eigenvalue weighted by Crippen LogP contribution is 2.26. The van der Waals surface area contributed by atoms with E-state index in [0.29, 0.717) is 18.8 Å². The molecular weight excluding hydrogens is 443 g/mol. The molecule has 0 bridgehead atoms. The minimum absolute atomic E-state index is 0.00169. The van der Waals surface area contributed by atoms with Crippen molar-refractivity contribution in [1.29, 1.82) is 0 Å². The van der Waals surface area contributed by atoms with Gasteiger partial charge in [0, 0.05) is 0 Å². The molecule has 3 rings (SSSR count). The Bertz CT molecular complexity index is 1150. The van der Waals surface area contributed by atoms with Crippen LogP contribution in [0.3, 0.4) is 0 Å². The second-order valence-electron chi connectivity index (χ2n) is 7.33. The minimum Gasteiger partial charge on any atom is -0.494 e. The van der Waals surface area contributed by atoms with E-state index in [0.717, 1.165) is 22.0 Å². The normalized spacial score (nSPS) is 12.1. The molecule has 3 aromatic carbocycles. The molecule has 0 radical (unpaired) electrons. The maximum atomic E-state index is 13.5. The number of sulfonamides is 1. The first-order valence-electron chi connectivity index (χ1n) is 10.7. The summed E-state index contributed by atoms with van der Waals surface area (Å²) >= 11 is 0. The smallest absolute Gasteiger partial charge is 0.264 e. The van der Waals surface area contributed by atoms with Crippen molar-refractivity contribution in [3.05, 3.63) is 90.2 Å². The number of rotatable bonds is 10. The first-order valence-corrected chi connectivity index (χ1v) is 12.1. The van der Waals surface area contributed by atoms with Crippen LogP contribution in [-0.4, -0.2) is 27.5 Å². The Balaban J connectivity index is 1.89. The Labute approximate surface area is 194 Å². The predicted molar refractivity (Wildman–Crippen MR) is 126 cm³/mol. The summed E-state index contributed by atoms with van der Waals surface area (Å²) in [5, 5.41) is 2.90. The standard InChI is InChI=1S/C25H27FN2O4S/c1-3-24(19-8-6-5-7-9-19)27-25(29)18-28(21-12-10-20(26)11-13-21)33(30,31)23-16-14-22(15-17-23)32-4-2/h5-17,24H,3-4,18H2,1-2H3,(H,27,29)/t24-/m0/s1. The lowest BCUT2D eigenvalue weighted by Gasteiger charge is -2.26. The molecule has 8 heteroatoms. The SMILES string of the molecule is CCOc1ccc(S(=O)(=O)N(CC(=O)N[C@@H](CC)c2ccccc2)c2ccc(F)cc2)cc1. The van der Waals surface area contributed by atoms with Gasteiger partial charge in [0.1, 0.15) is 18.1 Å². The number of hydrogen-bond donors (Lipinski definition) is 1. The van der Waals surface area contributed by atoms with E-state index >= 15 is 0 Å². The average Bonchev–Trinajstić information content (AvgIpc) is 2.83. The molecular formula is C25H27FN2O4S. The highest BCUT2D eigenvalue weighted by Gasteiger charge is 2.28. The Morgan fingerprint density at radius 1 is 0.970 bits per heavy atom. The van der Waals surface area contributed by atoms with Gasteiger partial charge in [0.05, 0.1) is 23.2 Å². The quantitative estimate of drug-likeness (QED) is 0.467. The number of nitrogens with zero attached hydrogens (tertiary/aromatic N) is 1. The van der Waals surface area contributed by atoms with Gasteiger partial charge in [-0.3, -0.25) is 9.10 Å². The van der Waals surface area contributed by atoms with Crippen molar-refractivity contribution in [3.8, 4) is 5.75 Å². The van der Waals surface area contributed by atoms with Crippen LogP contribution in [0.1, 0.15) is 31.9 Å². The summed E-state index contributed by atoms with van der Waals surface area (Å²) in [4.78, 5) is 12.9. The zero-order valence-electron chi connectivity index (χ0n) is 18.6. The largest absolute Gasteiger partial charge is 0.494 e. The van der Waals surface area contributed by atoms with Crippen molar-refractivity contribution in [1.82, 2.24) is 5.32 Å². The van der Waals surface area contributed by atoms with Crippen LogP contribution in [0.4, 0.5) is 10.1 Å². The van der Waals surface area contributed by atoms with E-state index in [9.17, 15) is 17.6 Å². The number of benzene rings is 3. The number of carbonyl (C=O) groups excluding carboxylic acids is 1. The number of halogens is 1. The van der Waals surface area contributed by atoms with Crippen molar-refractivity contribution < 1.29 is 22.3 Å². The van der Waals surface area contributed by atoms with Gasteiger partial charge in [0.2, 0.25) is 5.91 Å². The molecule has 0 saturated carbocycles. The van der Waals surface area contributed by atoms with E-state index in [-0.39, 0.29) is 16.6 Å². The van der Waals surface area contributed by atoms with Crippen LogP contribution in [0.2, 0.25) is 0 Å². The van der Waals surface area contributed by atoms with Gasteiger partial charge in [0.25, 0.3) is 10.0 Å². The van der Waals surface area contributed by atoms with Gasteiger partial charge in [-0.05, 0) is 67.4 Å². The molecule has 1 N–H and O–H groups in total. The minimum atomic E-state index is -4.11. The summed E-state index contributed by atoms with van der Waals surface area (Å²) in [7, 11) is -4.11. The van der Waals surface area contributed by atoms with Crippen LogP contribution in [0.5, 0.6) is 5.75 Å². The lowest BCUT2D eigenvalue weighted by atomic mass is 10.0. The highest BCUT2D eigenvalue weighted by atomic mass is 32.2. The first kappa shape index (κ1) is 24.3. The third-order valence-corrected chi connectivity index (χ3v) is 6.86. The molecule has 0 aromatic heterocycles. The molecule has 0 unspecified atom stereocenters. The van der Waals surface area contributed by atoms with Gasteiger partial charge in [-0.25, -0.2) is 12.8 Å². The third-order valence-electron chi connectivity index (χ3n) is 5.07. The zero-order chi connectivity index (χ0) is 23.8. The summed E-state index contributed by atoms with van der Waals surface area (Å²) in [6.45, 7) is 3.77. The van der Waals surface area contributed by atoms with Crippen molar-refractivity contribution in [2.24, 2.45) is 0 Å². The van der Waals surface area contributed by atoms with Gasteiger partial charge in [-0.2, -0.15) is 0 Å². The number of amides is 1. The summed E-state index contributed by atoms with van der Waals surface area (Å²) in [6.07, 6.45) is 0.637. The van der Waals surface area contributed by atoms with Crippen LogP contribution < -0.4 is 14.4 Å². The number of ether oxygens (including phenoxy) is 1.